The van der Waals surface area contributed by atoms with Crippen molar-refractivity contribution in [1.29, 1.82) is 0 Å². The fourth-order valence-electron chi connectivity index (χ4n) is 2.33. The molecule has 1 aliphatic rings. The minimum atomic E-state index is -0.389. The second kappa shape index (κ2) is 4.79. The standard InChI is InChI=1S/C11H9BBrClN4O/c12-11(19)17-2-1-6(5-17)8-3-9(14)18-10(16-8)7(13)4-15-18/h3-4,6H,1-2,5H2. The van der Waals surface area contributed by atoms with Gasteiger partial charge in [0.1, 0.15) is 5.15 Å². The average Bonchev–Trinajstić information content (AvgIpc) is 2.97. The molecule has 96 valence electrons. The molecule has 19 heavy (non-hydrogen) atoms. The number of fused-ring (bicyclic) bond motifs is 1. The van der Waals surface area contributed by atoms with E-state index in [0.717, 1.165) is 16.6 Å². The quantitative estimate of drug-likeness (QED) is 0.591. The summed E-state index contributed by atoms with van der Waals surface area (Å²) >= 11 is 9.58. The van der Waals surface area contributed by atoms with Crippen LogP contribution in [0.5, 0.6) is 0 Å². The molecule has 1 unspecified atom stereocenters. The fraction of sp³-hybridized carbons (Fsp3) is 0.364. The van der Waals surface area contributed by atoms with Gasteiger partial charge in [-0.25, -0.2) is 9.50 Å². The highest BCUT2D eigenvalue weighted by Gasteiger charge is 2.27. The number of amides is 1. The normalized spacial score (nSPS) is 19.3. The van der Waals surface area contributed by atoms with Crippen LogP contribution in [0.15, 0.2) is 16.7 Å². The predicted octanol–water partition coefficient (Wildman–Crippen LogP) is 2.22. The number of carbonyl (C=O) groups is 1. The van der Waals surface area contributed by atoms with Crippen molar-refractivity contribution in [3.63, 3.8) is 0 Å². The van der Waals surface area contributed by atoms with Crippen LogP contribution in [0.2, 0.25) is 5.15 Å². The van der Waals surface area contributed by atoms with E-state index in [0.29, 0.717) is 23.9 Å². The number of carbonyl (C=O) groups excluding carboxylic acids is 1. The van der Waals surface area contributed by atoms with Gasteiger partial charge in [0.15, 0.2) is 11.5 Å². The van der Waals surface area contributed by atoms with Gasteiger partial charge < -0.3 is 4.90 Å². The van der Waals surface area contributed by atoms with E-state index in [1.54, 1.807) is 21.7 Å². The highest BCUT2D eigenvalue weighted by atomic mass is 79.9. The first-order chi connectivity index (χ1) is 9.06. The highest BCUT2D eigenvalue weighted by Crippen LogP contribution is 2.29. The molecule has 3 rings (SSSR count). The van der Waals surface area contributed by atoms with Crippen LogP contribution in [0.3, 0.4) is 0 Å². The van der Waals surface area contributed by atoms with Gasteiger partial charge in [0, 0.05) is 19.0 Å². The molecule has 1 atom stereocenters. The summed E-state index contributed by atoms with van der Waals surface area (Å²) in [4.78, 5) is 17.3. The molecule has 2 aromatic rings. The summed E-state index contributed by atoms with van der Waals surface area (Å²) in [6, 6.07) is 1.79. The maximum absolute atomic E-state index is 11.2. The molecule has 0 bridgehead atoms. The molecule has 1 aliphatic heterocycles. The second-order valence-electron chi connectivity index (χ2n) is 4.50. The molecule has 0 spiro atoms. The van der Waals surface area contributed by atoms with Crippen molar-refractivity contribution in [2.24, 2.45) is 0 Å². The first-order valence-corrected chi connectivity index (χ1v) is 6.97. The molecule has 0 aliphatic carbocycles. The Kier molecular flexibility index (Phi) is 3.26. The van der Waals surface area contributed by atoms with Crippen molar-refractivity contribution < 1.29 is 4.79 Å². The Bertz CT molecular complexity index is 661. The smallest absolute Gasteiger partial charge is 0.200 e. The molecule has 0 aromatic carbocycles. The third-order valence-electron chi connectivity index (χ3n) is 3.32. The van der Waals surface area contributed by atoms with Crippen molar-refractivity contribution in [3.8, 4) is 0 Å². The Morgan fingerprint density at radius 1 is 1.58 bits per heavy atom. The Morgan fingerprint density at radius 2 is 2.37 bits per heavy atom. The molecule has 2 radical (unpaired) electrons. The van der Waals surface area contributed by atoms with Crippen molar-refractivity contribution in [2.75, 3.05) is 13.1 Å². The summed E-state index contributed by atoms with van der Waals surface area (Å²) in [5.74, 6) is -0.225. The van der Waals surface area contributed by atoms with Gasteiger partial charge in [-0.05, 0) is 28.4 Å². The van der Waals surface area contributed by atoms with Crippen molar-refractivity contribution in [3.05, 3.63) is 27.6 Å². The number of aromatic nitrogens is 3. The van der Waals surface area contributed by atoms with Gasteiger partial charge in [-0.15, -0.1) is 0 Å². The van der Waals surface area contributed by atoms with Gasteiger partial charge in [-0.1, -0.05) is 11.6 Å². The average molecular weight is 339 g/mol. The van der Waals surface area contributed by atoms with E-state index in [4.69, 9.17) is 19.4 Å². The number of hydrogen-bond donors (Lipinski definition) is 0. The van der Waals surface area contributed by atoms with Crippen LogP contribution < -0.4 is 0 Å². The molecule has 1 saturated heterocycles. The van der Waals surface area contributed by atoms with Crippen molar-refractivity contribution >= 4 is 46.8 Å². The Balaban J connectivity index is 1.97. The van der Waals surface area contributed by atoms with Gasteiger partial charge in [0.05, 0.1) is 16.4 Å². The molecule has 8 heteroatoms. The monoisotopic (exact) mass is 338 g/mol. The fourth-order valence-corrected chi connectivity index (χ4v) is 2.91. The number of halogens is 2. The van der Waals surface area contributed by atoms with Crippen LogP contribution in [-0.2, 0) is 0 Å². The van der Waals surface area contributed by atoms with E-state index in [9.17, 15) is 4.79 Å². The number of rotatable bonds is 1. The Hall–Kier alpha value is -1.08. The molecule has 1 fully saturated rings. The third kappa shape index (κ3) is 2.25. The lowest BCUT2D eigenvalue weighted by molar-refractivity contribution is 0.231. The van der Waals surface area contributed by atoms with E-state index in [2.05, 4.69) is 26.0 Å². The van der Waals surface area contributed by atoms with E-state index >= 15 is 0 Å². The molecule has 2 aromatic heterocycles. The van der Waals surface area contributed by atoms with E-state index in [-0.39, 0.29) is 11.7 Å². The molecular formula is C11H9BBrClN4O. The third-order valence-corrected chi connectivity index (χ3v) is 4.15. The summed E-state index contributed by atoms with van der Waals surface area (Å²) in [5.41, 5.74) is 1.54. The number of hydrogen-bond acceptors (Lipinski definition) is 3. The van der Waals surface area contributed by atoms with Crippen molar-refractivity contribution in [2.45, 2.75) is 12.3 Å². The van der Waals surface area contributed by atoms with E-state index in [1.807, 2.05) is 0 Å². The van der Waals surface area contributed by atoms with Crippen LogP contribution in [0, 0.1) is 0 Å². The zero-order chi connectivity index (χ0) is 13.6. The lowest BCUT2D eigenvalue weighted by atomic mass is 10.0. The molecule has 0 saturated carbocycles. The first kappa shape index (κ1) is 12.9. The summed E-state index contributed by atoms with van der Waals surface area (Å²) < 4.78 is 2.36. The van der Waals surface area contributed by atoms with Crippen LogP contribution in [0.4, 0.5) is 4.79 Å². The lowest BCUT2D eigenvalue weighted by Crippen LogP contribution is -2.27. The Labute approximate surface area is 124 Å². The zero-order valence-electron chi connectivity index (χ0n) is 9.88. The van der Waals surface area contributed by atoms with Gasteiger partial charge in [0.2, 0.25) is 7.85 Å². The van der Waals surface area contributed by atoms with Crippen LogP contribution in [0.1, 0.15) is 18.0 Å². The molecule has 3 heterocycles. The van der Waals surface area contributed by atoms with Gasteiger partial charge in [-0.3, -0.25) is 4.79 Å². The summed E-state index contributed by atoms with van der Waals surface area (Å²) in [5, 5.41) is 4.62. The molecule has 0 N–H and O–H groups in total. The largest absolute Gasteiger partial charge is 0.352 e. The topological polar surface area (TPSA) is 50.5 Å². The van der Waals surface area contributed by atoms with E-state index in [1.165, 1.54) is 0 Å². The predicted molar refractivity (Wildman–Crippen MR) is 75.8 cm³/mol. The van der Waals surface area contributed by atoms with E-state index < -0.39 is 0 Å². The summed E-state index contributed by atoms with van der Waals surface area (Å²) in [7, 11) is 5.28. The summed E-state index contributed by atoms with van der Waals surface area (Å²) in [6.07, 6.45) is 2.50. The summed E-state index contributed by atoms with van der Waals surface area (Å²) in [6.45, 7) is 1.24. The first-order valence-electron chi connectivity index (χ1n) is 5.80. The zero-order valence-corrected chi connectivity index (χ0v) is 12.2. The lowest BCUT2D eigenvalue weighted by Gasteiger charge is -2.14. The molecular weight excluding hydrogens is 330 g/mol. The minimum absolute atomic E-state index is 0.164. The number of likely N-dealkylation sites (tertiary alicyclic amines) is 1. The number of nitrogens with zero attached hydrogens (tertiary/aromatic N) is 4. The highest BCUT2D eigenvalue weighted by molar-refractivity contribution is 9.10. The maximum Gasteiger partial charge on any atom is 0.200 e. The van der Waals surface area contributed by atoms with Gasteiger partial charge in [0.25, 0.3) is 0 Å². The van der Waals surface area contributed by atoms with Gasteiger partial charge >= 0.3 is 0 Å². The van der Waals surface area contributed by atoms with Crippen LogP contribution in [-0.4, -0.2) is 46.2 Å². The van der Waals surface area contributed by atoms with Crippen molar-refractivity contribution in [1.82, 2.24) is 19.5 Å². The second-order valence-corrected chi connectivity index (χ2v) is 5.74. The van der Waals surface area contributed by atoms with Crippen LogP contribution in [0.25, 0.3) is 5.65 Å². The Morgan fingerprint density at radius 3 is 3.05 bits per heavy atom. The SMILES string of the molecule is [B]C(=O)N1CCC(c2cc(Cl)n3ncc(Br)c3n2)C1. The van der Waals surface area contributed by atoms with Crippen LogP contribution >= 0.6 is 27.5 Å². The maximum atomic E-state index is 11.2. The molecule has 1 amide bonds. The minimum Gasteiger partial charge on any atom is -0.352 e. The van der Waals surface area contributed by atoms with Gasteiger partial charge in [-0.2, -0.15) is 5.10 Å². The molecule has 5 nitrogen and oxygen atoms in total.